The molecule has 0 spiro atoms. The van der Waals surface area contributed by atoms with Crippen molar-refractivity contribution in [3.63, 3.8) is 0 Å². The molecule has 98 valence electrons. The van der Waals surface area contributed by atoms with Gasteiger partial charge in [0.05, 0.1) is 6.61 Å². The predicted octanol–water partition coefficient (Wildman–Crippen LogP) is 2.02. The molecule has 1 rings (SSSR count). The second kappa shape index (κ2) is 6.70. The van der Waals surface area contributed by atoms with Gasteiger partial charge in [0.15, 0.2) is 0 Å². The third-order valence-electron chi connectivity index (χ3n) is 1.44. The van der Waals surface area contributed by atoms with E-state index in [0.717, 1.165) is 12.1 Å². The fraction of sp³-hybridized carbons (Fsp3) is 0.250. The summed E-state index contributed by atoms with van der Waals surface area (Å²) < 4.78 is 53.7. The average molecular weight is 276 g/mol. The minimum atomic E-state index is -5.64. The van der Waals surface area contributed by atoms with E-state index >= 15 is 0 Å². The molecule has 17 heavy (non-hydrogen) atoms. The van der Waals surface area contributed by atoms with Crippen LogP contribution in [-0.4, -0.2) is 21.7 Å². The molecule has 0 aliphatic heterocycles. The number of aliphatic hydroxyl groups is 2. The van der Waals surface area contributed by atoms with Gasteiger partial charge in [-0.1, -0.05) is 0 Å². The molecule has 1 aromatic rings. The van der Waals surface area contributed by atoms with Crippen molar-refractivity contribution >= 4 is 7.99 Å². The number of halogens is 4. The Morgan fingerprint density at radius 3 is 1.82 bits per heavy atom. The Morgan fingerprint density at radius 2 is 1.53 bits per heavy atom. The van der Waals surface area contributed by atoms with Gasteiger partial charge in [-0.2, -0.15) is 0 Å². The van der Waals surface area contributed by atoms with E-state index in [1.54, 1.807) is 0 Å². The lowest BCUT2D eigenvalue weighted by Crippen LogP contribution is -2.03. The van der Waals surface area contributed by atoms with Crippen molar-refractivity contribution in [3.8, 4) is 0 Å². The highest BCUT2D eigenvalue weighted by Gasteiger charge is 2.09. The van der Waals surface area contributed by atoms with E-state index in [1.807, 2.05) is 0 Å². The molecule has 0 saturated heterocycles. The van der Waals surface area contributed by atoms with Crippen LogP contribution in [-0.2, 0) is 4.57 Å². The monoisotopic (exact) mass is 276 g/mol. The Balaban J connectivity index is 0.000000437. The largest absolute Gasteiger partial charge is 0.549 e. The summed E-state index contributed by atoms with van der Waals surface area (Å²) in [5.41, 5.74) is 0.0370. The fourth-order valence-corrected chi connectivity index (χ4v) is 0.873. The summed E-state index contributed by atoms with van der Waals surface area (Å²) in [6.45, 7) is -0.553. The minimum Gasteiger partial charge on any atom is -0.393 e. The molecule has 1 unspecified atom stereocenters. The van der Waals surface area contributed by atoms with Crippen molar-refractivity contribution in [2.45, 2.75) is 6.10 Å². The summed E-state index contributed by atoms with van der Waals surface area (Å²) in [5, 5.41) is 17.5. The number of rotatable bonds is 2. The molecule has 0 aromatic heterocycles. The molecule has 9 heteroatoms. The minimum absolute atomic E-state index is 0.0370. The number of benzene rings is 1. The molecule has 0 aliphatic carbocycles. The van der Waals surface area contributed by atoms with Crippen LogP contribution in [0, 0.1) is 11.6 Å². The second-order valence-electron chi connectivity index (χ2n) is 2.84. The van der Waals surface area contributed by atoms with Crippen LogP contribution >= 0.6 is 7.99 Å². The highest BCUT2D eigenvalue weighted by Crippen LogP contribution is 2.43. The van der Waals surface area contributed by atoms with Crippen LogP contribution in [0.3, 0.4) is 0 Å². The lowest BCUT2D eigenvalue weighted by molar-refractivity contribution is 0.0951. The molecule has 3 N–H and O–H groups in total. The summed E-state index contributed by atoms with van der Waals surface area (Å²) in [6.07, 6.45) is -1.23. The summed E-state index contributed by atoms with van der Waals surface area (Å²) in [5.74, 6) is -1.53. The molecule has 1 atom stereocenters. The SMILES string of the molecule is O=P(O)(F)F.OCC(O)c1cc(F)cc(F)c1. The van der Waals surface area contributed by atoms with Crippen LogP contribution in [0.2, 0.25) is 0 Å². The van der Waals surface area contributed by atoms with E-state index in [2.05, 4.69) is 0 Å². The highest BCUT2D eigenvalue weighted by atomic mass is 31.2. The molecular formula is C8H9F4O4P. The van der Waals surface area contributed by atoms with Gasteiger partial charge in [0, 0.05) is 6.07 Å². The fourth-order valence-electron chi connectivity index (χ4n) is 0.873. The van der Waals surface area contributed by atoms with Gasteiger partial charge >= 0.3 is 7.99 Å². The van der Waals surface area contributed by atoms with Crippen LogP contribution in [0.25, 0.3) is 0 Å². The maximum atomic E-state index is 12.5. The van der Waals surface area contributed by atoms with Gasteiger partial charge < -0.3 is 10.2 Å². The summed E-state index contributed by atoms with van der Waals surface area (Å²) in [4.78, 5) is 6.74. The second-order valence-corrected chi connectivity index (χ2v) is 3.71. The number of aliphatic hydroxyl groups excluding tert-OH is 2. The Kier molecular flexibility index (Phi) is 6.33. The Morgan fingerprint density at radius 1 is 1.18 bits per heavy atom. The van der Waals surface area contributed by atoms with Crippen molar-refractivity contribution in [1.29, 1.82) is 0 Å². The quantitative estimate of drug-likeness (QED) is 0.570. The van der Waals surface area contributed by atoms with Gasteiger partial charge in [-0.3, -0.25) is 4.89 Å². The molecule has 0 heterocycles. The van der Waals surface area contributed by atoms with Crippen molar-refractivity contribution in [1.82, 2.24) is 0 Å². The third-order valence-corrected chi connectivity index (χ3v) is 1.44. The maximum Gasteiger partial charge on any atom is 0.549 e. The van der Waals surface area contributed by atoms with Crippen LogP contribution < -0.4 is 0 Å². The molecule has 0 aliphatic rings. The summed E-state index contributed by atoms with van der Waals surface area (Å²) in [6, 6.07) is 2.65. The van der Waals surface area contributed by atoms with Crippen LogP contribution in [0.15, 0.2) is 18.2 Å². The van der Waals surface area contributed by atoms with Gasteiger partial charge in [-0.25, -0.2) is 13.3 Å². The molecular weight excluding hydrogens is 267 g/mol. The van der Waals surface area contributed by atoms with Gasteiger partial charge in [-0.15, -0.1) is 8.39 Å². The maximum absolute atomic E-state index is 12.5. The van der Waals surface area contributed by atoms with Crippen molar-refractivity contribution < 1.29 is 36.8 Å². The Labute approximate surface area is 93.8 Å². The van der Waals surface area contributed by atoms with E-state index in [-0.39, 0.29) is 5.56 Å². The predicted molar refractivity (Wildman–Crippen MR) is 50.4 cm³/mol. The zero-order valence-corrected chi connectivity index (χ0v) is 9.12. The topological polar surface area (TPSA) is 77.8 Å². The molecule has 0 radical (unpaired) electrons. The van der Waals surface area contributed by atoms with Crippen LogP contribution in [0.1, 0.15) is 11.7 Å². The van der Waals surface area contributed by atoms with E-state index in [1.165, 1.54) is 0 Å². The van der Waals surface area contributed by atoms with E-state index < -0.39 is 32.3 Å². The molecule has 0 fully saturated rings. The first-order valence-electron chi connectivity index (χ1n) is 4.10. The van der Waals surface area contributed by atoms with Crippen molar-refractivity contribution in [2.24, 2.45) is 0 Å². The highest BCUT2D eigenvalue weighted by molar-refractivity contribution is 7.46. The molecule has 1 aromatic carbocycles. The van der Waals surface area contributed by atoms with E-state index in [0.29, 0.717) is 6.07 Å². The first-order chi connectivity index (χ1) is 7.63. The summed E-state index contributed by atoms with van der Waals surface area (Å²) >= 11 is 0. The molecule has 0 bridgehead atoms. The lowest BCUT2D eigenvalue weighted by Gasteiger charge is -2.06. The summed E-state index contributed by atoms with van der Waals surface area (Å²) in [7, 11) is -5.64. The number of hydrogen-bond acceptors (Lipinski definition) is 3. The molecule has 4 nitrogen and oxygen atoms in total. The Hall–Kier alpha value is -0.950. The lowest BCUT2D eigenvalue weighted by atomic mass is 10.1. The normalized spacial score (nSPS) is 12.6. The average Bonchev–Trinajstić information content (AvgIpc) is 2.12. The van der Waals surface area contributed by atoms with Crippen LogP contribution in [0.4, 0.5) is 17.2 Å². The third kappa shape index (κ3) is 8.82. The van der Waals surface area contributed by atoms with Gasteiger partial charge in [0.25, 0.3) is 0 Å². The standard InChI is InChI=1S/C8H8F2O2.F2HO2P/c9-6-1-5(8(12)4-11)2-7(10)3-6;1-5(2,3)4/h1-3,8,11-12H,4H2;(H,3,4). The van der Waals surface area contributed by atoms with Crippen molar-refractivity contribution in [2.75, 3.05) is 6.61 Å². The van der Waals surface area contributed by atoms with Crippen molar-refractivity contribution in [3.05, 3.63) is 35.4 Å². The Bertz CT molecular complexity index is 380. The zero-order valence-electron chi connectivity index (χ0n) is 8.23. The molecule has 0 amide bonds. The van der Waals surface area contributed by atoms with Gasteiger partial charge in [0.1, 0.15) is 17.7 Å². The van der Waals surface area contributed by atoms with Crippen LogP contribution in [0.5, 0.6) is 0 Å². The van der Waals surface area contributed by atoms with E-state index in [4.69, 9.17) is 19.7 Å². The van der Waals surface area contributed by atoms with Gasteiger partial charge in [-0.05, 0) is 17.7 Å². The van der Waals surface area contributed by atoms with E-state index in [9.17, 15) is 17.2 Å². The first-order valence-corrected chi connectivity index (χ1v) is 5.54. The first kappa shape index (κ1) is 16.1. The van der Waals surface area contributed by atoms with Gasteiger partial charge in [0.2, 0.25) is 0 Å². The zero-order chi connectivity index (χ0) is 13.6. The number of hydrogen-bond donors (Lipinski definition) is 3. The smallest absolute Gasteiger partial charge is 0.393 e. The molecule has 0 saturated carbocycles.